The van der Waals surface area contributed by atoms with Crippen molar-refractivity contribution in [1.29, 1.82) is 0 Å². The Balaban J connectivity index is 2.53. The first-order valence-corrected chi connectivity index (χ1v) is 7.61. The average molecular weight is 298 g/mol. The molecule has 3 N–H and O–H groups in total. The number of urea groups is 1. The van der Waals surface area contributed by atoms with Gasteiger partial charge in [-0.1, -0.05) is 27.7 Å². The molecule has 1 saturated carbocycles. The Morgan fingerprint density at radius 2 is 1.62 bits per heavy atom. The van der Waals surface area contributed by atoms with Crippen LogP contribution in [0, 0.1) is 16.2 Å². The van der Waals surface area contributed by atoms with Crippen LogP contribution in [-0.2, 0) is 4.79 Å². The molecule has 21 heavy (non-hydrogen) atoms. The summed E-state index contributed by atoms with van der Waals surface area (Å²) in [5.41, 5.74) is -0.539. The van der Waals surface area contributed by atoms with Gasteiger partial charge in [-0.3, -0.25) is 4.79 Å². The lowest BCUT2D eigenvalue weighted by Gasteiger charge is -2.45. The lowest BCUT2D eigenvalue weighted by Crippen LogP contribution is -2.51. The molecule has 0 aromatic heterocycles. The Morgan fingerprint density at radius 1 is 1.14 bits per heavy atom. The smallest absolute Gasteiger partial charge is 0.315 e. The number of carboxylic acid groups (broad SMARTS) is 1. The van der Waals surface area contributed by atoms with Crippen LogP contribution in [0.5, 0.6) is 0 Å². The van der Waals surface area contributed by atoms with E-state index in [0.29, 0.717) is 0 Å². The Hall–Kier alpha value is -1.26. The van der Waals surface area contributed by atoms with Gasteiger partial charge < -0.3 is 15.7 Å². The second-order valence-corrected chi connectivity index (χ2v) is 8.63. The van der Waals surface area contributed by atoms with Crippen molar-refractivity contribution in [2.24, 2.45) is 16.2 Å². The van der Waals surface area contributed by atoms with E-state index in [-0.39, 0.29) is 29.4 Å². The molecule has 0 atom stereocenters. The van der Waals surface area contributed by atoms with E-state index in [1.165, 1.54) is 0 Å². The van der Waals surface area contributed by atoms with Crippen molar-refractivity contribution < 1.29 is 14.7 Å². The summed E-state index contributed by atoms with van der Waals surface area (Å²) in [4.78, 5) is 23.0. The van der Waals surface area contributed by atoms with Gasteiger partial charge in [-0.25, -0.2) is 4.79 Å². The zero-order valence-corrected chi connectivity index (χ0v) is 14.2. The fourth-order valence-corrected chi connectivity index (χ4v) is 3.56. The molecular formula is C16H30N2O3. The molecule has 1 aliphatic rings. The molecule has 0 spiro atoms. The van der Waals surface area contributed by atoms with Gasteiger partial charge in [-0.05, 0) is 43.9 Å². The molecule has 1 aliphatic carbocycles. The van der Waals surface area contributed by atoms with Crippen LogP contribution in [0.1, 0.15) is 60.8 Å². The van der Waals surface area contributed by atoms with Gasteiger partial charge >= 0.3 is 12.0 Å². The summed E-state index contributed by atoms with van der Waals surface area (Å²) in [6.07, 6.45) is 3.05. The summed E-state index contributed by atoms with van der Waals surface area (Å²) in [6.45, 7) is 12.2. The van der Waals surface area contributed by atoms with E-state index in [4.69, 9.17) is 5.11 Å². The normalized spacial score (nSPS) is 21.6. The van der Waals surface area contributed by atoms with Crippen LogP contribution < -0.4 is 10.6 Å². The Labute approximate surface area is 127 Å². The fourth-order valence-electron chi connectivity index (χ4n) is 3.56. The Kier molecular flexibility index (Phi) is 4.96. The summed E-state index contributed by atoms with van der Waals surface area (Å²) in [5.74, 6) is -0.914. The molecule has 0 aromatic carbocycles. The molecule has 1 rings (SSSR count). The van der Waals surface area contributed by atoms with Crippen molar-refractivity contribution >= 4 is 12.0 Å². The van der Waals surface area contributed by atoms with E-state index in [2.05, 4.69) is 38.3 Å². The number of aliphatic carboxylic acids is 1. The standard InChI is InChI=1S/C16H30N2O3/c1-14(2)7-11(8-15(3,4)9-14)18-13(21)17-10-16(5,6)12(19)20/h11H,7-10H2,1-6H3,(H,19,20)(H2,17,18,21). The average Bonchev–Trinajstić information content (AvgIpc) is 2.21. The number of carboxylic acids is 1. The predicted octanol–water partition coefficient (Wildman–Crippen LogP) is 3.00. The third-order valence-corrected chi connectivity index (χ3v) is 4.16. The van der Waals surface area contributed by atoms with Gasteiger partial charge in [-0.2, -0.15) is 0 Å². The number of hydrogen-bond donors (Lipinski definition) is 3. The minimum Gasteiger partial charge on any atom is -0.481 e. The van der Waals surface area contributed by atoms with Crippen LogP contribution in [0.2, 0.25) is 0 Å². The van der Waals surface area contributed by atoms with E-state index in [1.807, 2.05) is 0 Å². The first-order valence-electron chi connectivity index (χ1n) is 7.61. The van der Waals surface area contributed by atoms with E-state index < -0.39 is 11.4 Å². The van der Waals surface area contributed by atoms with Gasteiger partial charge in [0.05, 0.1) is 5.41 Å². The number of nitrogens with one attached hydrogen (secondary N) is 2. The van der Waals surface area contributed by atoms with Gasteiger partial charge in [0.2, 0.25) is 0 Å². The minimum absolute atomic E-state index is 0.119. The first-order chi connectivity index (χ1) is 9.33. The maximum absolute atomic E-state index is 12.0. The number of hydrogen-bond acceptors (Lipinski definition) is 2. The van der Waals surface area contributed by atoms with E-state index in [1.54, 1.807) is 13.8 Å². The molecule has 5 heteroatoms. The summed E-state index contributed by atoms with van der Waals surface area (Å²) in [7, 11) is 0. The maximum atomic E-state index is 12.0. The second kappa shape index (κ2) is 5.85. The molecule has 1 fully saturated rings. The van der Waals surface area contributed by atoms with Crippen LogP contribution in [-0.4, -0.2) is 29.7 Å². The highest BCUT2D eigenvalue weighted by Crippen LogP contribution is 2.45. The third-order valence-electron chi connectivity index (χ3n) is 4.16. The quantitative estimate of drug-likeness (QED) is 0.746. The van der Waals surface area contributed by atoms with Crippen LogP contribution in [0.15, 0.2) is 0 Å². The molecule has 2 amide bonds. The fraction of sp³-hybridized carbons (Fsp3) is 0.875. The van der Waals surface area contributed by atoms with Gasteiger partial charge in [0, 0.05) is 12.6 Å². The maximum Gasteiger partial charge on any atom is 0.315 e. The van der Waals surface area contributed by atoms with E-state index >= 15 is 0 Å². The molecule has 122 valence electrons. The van der Waals surface area contributed by atoms with Gasteiger partial charge in [0.1, 0.15) is 0 Å². The van der Waals surface area contributed by atoms with Gasteiger partial charge in [-0.15, -0.1) is 0 Å². The van der Waals surface area contributed by atoms with Crippen molar-refractivity contribution in [2.45, 2.75) is 66.8 Å². The Morgan fingerprint density at radius 3 is 2.05 bits per heavy atom. The molecule has 0 heterocycles. The highest BCUT2D eigenvalue weighted by Gasteiger charge is 2.39. The predicted molar refractivity (Wildman–Crippen MR) is 83.2 cm³/mol. The highest BCUT2D eigenvalue weighted by atomic mass is 16.4. The number of rotatable bonds is 4. The second-order valence-electron chi connectivity index (χ2n) is 8.63. The lowest BCUT2D eigenvalue weighted by atomic mass is 9.63. The summed E-state index contributed by atoms with van der Waals surface area (Å²) in [6, 6.07) is -0.139. The number of carbonyl (C=O) groups is 2. The van der Waals surface area contributed by atoms with Crippen molar-refractivity contribution in [1.82, 2.24) is 10.6 Å². The minimum atomic E-state index is -0.956. The van der Waals surface area contributed by atoms with Gasteiger partial charge in [0.15, 0.2) is 0 Å². The monoisotopic (exact) mass is 298 g/mol. The third kappa shape index (κ3) is 5.56. The van der Waals surface area contributed by atoms with Crippen molar-refractivity contribution in [3.05, 3.63) is 0 Å². The molecule has 0 unspecified atom stereocenters. The Bertz CT molecular complexity index is 398. The summed E-state index contributed by atoms with van der Waals surface area (Å²) < 4.78 is 0. The topological polar surface area (TPSA) is 78.4 Å². The molecular weight excluding hydrogens is 268 g/mol. The first kappa shape index (κ1) is 17.8. The highest BCUT2D eigenvalue weighted by molar-refractivity contribution is 5.77. The van der Waals surface area contributed by atoms with E-state index in [9.17, 15) is 9.59 Å². The van der Waals surface area contributed by atoms with Crippen molar-refractivity contribution in [3.8, 4) is 0 Å². The van der Waals surface area contributed by atoms with E-state index in [0.717, 1.165) is 19.3 Å². The van der Waals surface area contributed by atoms with Crippen molar-refractivity contribution in [3.63, 3.8) is 0 Å². The summed E-state index contributed by atoms with van der Waals surface area (Å²) >= 11 is 0. The van der Waals surface area contributed by atoms with Gasteiger partial charge in [0.25, 0.3) is 0 Å². The van der Waals surface area contributed by atoms with Crippen LogP contribution in [0.4, 0.5) is 4.79 Å². The zero-order valence-electron chi connectivity index (χ0n) is 14.2. The van der Waals surface area contributed by atoms with Crippen molar-refractivity contribution in [2.75, 3.05) is 6.54 Å². The molecule has 0 aliphatic heterocycles. The number of amides is 2. The summed E-state index contributed by atoms with van der Waals surface area (Å²) in [5, 5.41) is 14.7. The van der Waals surface area contributed by atoms with Crippen LogP contribution in [0.25, 0.3) is 0 Å². The zero-order chi connectivity index (χ0) is 16.5. The molecule has 0 radical (unpaired) electrons. The molecule has 5 nitrogen and oxygen atoms in total. The SMILES string of the molecule is CC1(C)CC(NC(=O)NCC(C)(C)C(=O)O)CC(C)(C)C1. The molecule has 0 saturated heterocycles. The largest absolute Gasteiger partial charge is 0.481 e. The number of carbonyl (C=O) groups excluding carboxylic acids is 1. The van der Waals surface area contributed by atoms with Crippen LogP contribution >= 0.6 is 0 Å². The van der Waals surface area contributed by atoms with Crippen LogP contribution in [0.3, 0.4) is 0 Å². The molecule has 0 bridgehead atoms. The molecule has 0 aromatic rings. The lowest BCUT2D eigenvalue weighted by molar-refractivity contribution is -0.146.